The van der Waals surface area contributed by atoms with Crippen molar-refractivity contribution in [1.82, 2.24) is 4.90 Å². The molecule has 0 unspecified atom stereocenters. The van der Waals surface area contributed by atoms with E-state index in [1.54, 1.807) is 0 Å². The molecule has 0 bridgehead atoms. The number of hydrogen-bond donors (Lipinski definition) is 1. The van der Waals surface area contributed by atoms with Gasteiger partial charge in [0.05, 0.1) is 16.7 Å². The monoisotopic (exact) mass is 465 g/mol. The van der Waals surface area contributed by atoms with Crippen LogP contribution >= 0.6 is 0 Å². The number of carboxylic acid groups (broad SMARTS) is 1. The molecule has 7 heteroatoms. The minimum absolute atomic E-state index is 0.189. The minimum Gasteiger partial charge on any atom is -0.491 e. The first kappa shape index (κ1) is 25.9. The van der Waals surface area contributed by atoms with Crippen molar-refractivity contribution in [3.05, 3.63) is 72.3 Å². The molecule has 0 radical (unpaired) electrons. The Morgan fingerprint density at radius 2 is 1.62 bits per heavy atom. The van der Waals surface area contributed by atoms with Gasteiger partial charge in [-0.05, 0) is 71.1 Å². The second-order valence-electron chi connectivity index (χ2n) is 10.4. The molecule has 0 aromatic heterocycles. The van der Waals surface area contributed by atoms with Crippen LogP contribution in [0.1, 0.15) is 53.5 Å². The highest BCUT2D eigenvalue weighted by Crippen LogP contribution is 2.36. The Kier molecular flexibility index (Phi) is 7.48. The normalized spacial score (nSPS) is 18.2. The Labute approximate surface area is 203 Å². The van der Waals surface area contributed by atoms with Crippen molar-refractivity contribution >= 4 is 18.7 Å². The standard InChI is InChI=1S/C27H36BNO5/c1-20(2)17-27(7,29(24(30)31)18-21-11-9-8-10-12-21)19-32-23-15-13-22(14-16-23)28-33-25(3,4)26(5,6)34-28/h8-16H,1,17-19H2,2-7H3,(H,30,31)/t27-/m0/s1. The van der Waals surface area contributed by atoms with E-state index in [0.717, 1.165) is 16.6 Å². The van der Waals surface area contributed by atoms with Crippen LogP contribution in [0.3, 0.4) is 0 Å². The summed E-state index contributed by atoms with van der Waals surface area (Å²) in [6.07, 6.45) is -0.509. The maximum atomic E-state index is 12.3. The molecule has 0 aliphatic carbocycles. The number of ether oxygens (including phenoxy) is 1. The van der Waals surface area contributed by atoms with Crippen molar-refractivity contribution in [2.45, 2.75) is 71.2 Å². The Morgan fingerprint density at radius 1 is 1.06 bits per heavy atom. The van der Waals surface area contributed by atoms with Gasteiger partial charge in [0.2, 0.25) is 0 Å². The third-order valence-electron chi connectivity index (χ3n) is 6.70. The molecule has 1 aliphatic heterocycles. The molecule has 0 spiro atoms. The molecule has 2 aromatic rings. The van der Waals surface area contributed by atoms with Gasteiger partial charge in [-0.25, -0.2) is 4.79 Å². The molecule has 0 saturated carbocycles. The maximum Gasteiger partial charge on any atom is 0.494 e. The fourth-order valence-corrected chi connectivity index (χ4v) is 4.07. The van der Waals surface area contributed by atoms with Crippen LogP contribution in [0.25, 0.3) is 0 Å². The highest BCUT2D eigenvalue weighted by Gasteiger charge is 2.51. The topological polar surface area (TPSA) is 68.2 Å². The summed E-state index contributed by atoms with van der Waals surface area (Å²) in [7, 11) is -0.443. The van der Waals surface area contributed by atoms with Gasteiger partial charge in [0.1, 0.15) is 12.4 Å². The summed E-state index contributed by atoms with van der Waals surface area (Å²) in [6, 6.07) is 17.1. The van der Waals surface area contributed by atoms with Crippen LogP contribution in [-0.4, -0.2) is 46.6 Å². The molecule has 1 fully saturated rings. The van der Waals surface area contributed by atoms with Crippen molar-refractivity contribution in [2.75, 3.05) is 6.61 Å². The van der Waals surface area contributed by atoms with Gasteiger partial charge in [-0.1, -0.05) is 48.0 Å². The van der Waals surface area contributed by atoms with Crippen LogP contribution in [-0.2, 0) is 15.9 Å². The van der Waals surface area contributed by atoms with Gasteiger partial charge >= 0.3 is 13.2 Å². The highest BCUT2D eigenvalue weighted by molar-refractivity contribution is 6.62. The average molecular weight is 465 g/mol. The molecule has 2 aromatic carbocycles. The lowest BCUT2D eigenvalue weighted by Crippen LogP contribution is -2.52. The average Bonchev–Trinajstić information content (AvgIpc) is 2.98. The molecule has 182 valence electrons. The first-order chi connectivity index (χ1) is 15.8. The Bertz CT molecular complexity index is 989. The number of hydrogen-bond acceptors (Lipinski definition) is 4. The van der Waals surface area contributed by atoms with E-state index in [-0.39, 0.29) is 13.2 Å². The molecule has 6 nitrogen and oxygen atoms in total. The van der Waals surface area contributed by atoms with Crippen molar-refractivity contribution in [3.8, 4) is 5.75 Å². The molecule has 1 atom stereocenters. The molecule has 34 heavy (non-hydrogen) atoms. The summed E-state index contributed by atoms with van der Waals surface area (Å²) in [4.78, 5) is 13.7. The SMILES string of the molecule is C=C(C)C[C@@](C)(COc1ccc(B2OC(C)(C)C(C)(C)O2)cc1)N(Cc1ccccc1)C(=O)O. The number of rotatable bonds is 9. The van der Waals surface area contributed by atoms with Crippen LogP contribution in [0, 0.1) is 0 Å². The lowest BCUT2D eigenvalue weighted by Gasteiger charge is -2.39. The van der Waals surface area contributed by atoms with Crippen molar-refractivity contribution in [2.24, 2.45) is 0 Å². The summed E-state index contributed by atoms with van der Waals surface area (Å²) in [5.74, 6) is 0.651. The molecule has 1 saturated heterocycles. The summed E-state index contributed by atoms with van der Waals surface area (Å²) in [6.45, 7) is 16.4. The van der Waals surface area contributed by atoms with E-state index in [4.69, 9.17) is 14.0 Å². The van der Waals surface area contributed by atoms with Gasteiger partial charge in [-0.15, -0.1) is 6.58 Å². The summed E-state index contributed by atoms with van der Waals surface area (Å²) < 4.78 is 18.3. The number of nitrogens with zero attached hydrogens (tertiary/aromatic N) is 1. The number of benzene rings is 2. The lowest BCUT2D eigenvalue weighted by atomic mass is 9.79. The number of amides is 1. The number of carbonyl (C=O) groups is 1. The van der Waals surface area contributed by atoms with E-state index >= 15 is 0 Å². The summed E-state index contributed by atoms with van der Waals surface area (Å²) >= 11 is 0. The first-order valence-electron chi connectivity index (χ1n) is 11.6. The zero-order valence-corrected chi connectivity index (χ0v) is 21.1. The smallest absolute Gasteiger partial charge is 0.491 e. The molecular weight excluding hydrogens is 429 g/mol. The Morgan fingerprint density at radius 3 is 2.12 bits per heavy atom. The van der Waals surface area contributed by atoms with Gasteiger partial charge < -0.3 is 19.2 Å². The van der Waals surface area contributed by atoms with Crippen LogP contribution in [0.5, 0.6) is 5.75 Å². The van der Waals surface area contributed by atoms with Gasteiger partial charge in [-0.2, -0.15) is 0 Å². The summed E-state index contributed by atoms with van der Waals surface area (Å²) in [5.41, 5.74) is 1.11. The van der Waals surface area contributed by atoms with Gasteiger partial charge in [0.25, 0.3) is 0 Å². The molecule has 1 amide bonds. The van der Waals surface area contributed by atoms with Gasteiger partial charge in [0, 0.05) is 6.54 Å². The van der Waals surface area contributed by atoms with Crippen LogP contribution in [0.15, 0.2) is 66.7 Å². The van der Waals surface area contributed by atoms with Gasteiger partial charge in [-0.3, -0.25) is 4.90 Å². The minimum atomic E-state index is -0.993. The van der Waals surface area contributed by atoms with Crippen LogP contribution in [0.2, 0.25) is 0 Å². The highest BCUT2D eigenvalue weighted by atomic mass is 16.7. The van der Waals surface area contributed by atoms with E-state index in [1.165, 1.54) is 4.90 Å². The largest absolute Gasteiger partial charge is 0.494 e. The molecule has 1 heterocycles. The fraction of sp³-hybridized carbons (Fsp3) is 0.444. The predicted octanol–water partition coefficient (Wildman–Crippen LogP) is 5.27. The van der Waals surface area contributed by atoms with Crippen molar-refractivity contribution < 1.29 is 23.9 Å². The molecule has 3 rings (SSSR count). The molecule has 1 N–H and O–H groups in total. The Hall–Kier alpha value is -2.77. The second kappa shape index (κ2) is 9.84. The third-order valence-corrected chi connectivity index (χ3v) is 6.70. The van der Waals surface area contributed by atoms with Crippen LogP contribution < -0.4 is 10.2 Å². The Balaban J connectivity index is 1.74. The lowest BCUT2D eigenvalue weighted by molar-refractivity contribution is 0.00578. The van der Waals surface area contributed by atoms with E-state index in [0.29, 0.717) is 12.2 Å². The fourth-order valence-electron chi connectivity index (χ4n) is 4.07. The third kappa shape index (κ3) is 5.83. The van der Waals surface area contributed by atoms with E-state index < -0.39 is 30.0 Å². The zero-order chi connectivity index (χ0) is 25.1. The van der Waals surface area contributed by atoms with Crippen molar-refractivity contribution in [3.63, 3.8) is 0 Å². The van der Waals surface area contributed by atoms with Crippen molar-refractivity contribution in [1.29, 1.82) is 0 Å². The molecule has 1 aliphatic rings. The quantitative estimate of drug-likeness (QED) is 0.404. The zero-order valence-electron chi connectivity index (χ0n) is 21.1. The van der Waals surface area contributed by atoms with Gasteiger partial charge in [0.15, 0.2) is 0 Å². The molecular formula is C27H36BNO5. The van der Waals surface area contributed by atoms with Crippen LogP contribution in [0.4, 0.5) is 4.79 Å². The first-order valence-corrected chi connectivity index (χ1v) is 11.6. The second-order valence-corrected chi connectivity index (χ2v) is 10.4. The predicted molar refractivity (Wildman–Crippen MR) is 135 cm³/mol. The van der Waals surface area contributed by atoms with E-state index in [2.05, 4.69) is 6.58 Å². The maximum absolute atomic E-state index is 12.3. The van der Waals surface area contributed by atoms with E-state index in [9.17, 15) is 9.90 Å². The van der Waals surface area contributed by atoms with E-state index in [1.807, 2.05) is 96.1 Å². The summed E-state index contributed by atoms with van der Waals surface area (Å²) in [5, 5.41) is 10.0.